The molecule has 2 aromatic heterocycles. The summed E-state index contributed by atoms with van der Waals surface area (Å²) in [6.45, 7) is 1.99. The molecule has 2 aromatic carbocycles. The second kappa shape index (κ2) is 7.02. The number of thiazole rings is 1. The van der Waals surface area contributed by atoms with Crippen LogP contribution in [0.25, 0.3) is 22.2 Å². The van der Waals surface area contributed by atoms with E-state index in [4.69, 9.17) is 0 Å². The maximum atomic E-state index is 4.61. The number of para-hydroxylation sites is 1. The molecule has 2 heterocycles. The number of halogens is 1. The Labute approximate surface area is 154 Å². The lowest BCUT2D eigenvalue weighted by molar-refractivity contribution is -0.669. The van der Waals surface area contributed by atoms with E-state index >= 15 is 0 Å². The van der Waals surface area contributed by atoms with Crippen LogP contribution in [0.4, 0.5) is 0 Å². The van der Waals surface area contributed by atoms with Crippen LogP contribution in [0.1, 0.15) is 5.69 Å². The Morgan fingerprint density at radius 1 is 0.958 bits per heavy atom. The Morgan fingerprint density at radius 2 is 1.62 bits per heavy atom. The smallest absolute Gasteiger partial charge is 0.313 e. The molecule has 120 valence electrons. The molecule has 0 amide bonds. The maximum absolute atomic E-state index is 4.61. The summed E-state index contributed by atoms with van der Waals surface area (Å²) in [5.41, 5.74) is 2.93. The minimum atomic E-state index is 0. The van der Waals surface area contributed by atoms with Gasteiger partial charge in [0.1, 0.15) is 16.6 Å². The number of rotatable bonds is 3. The van der Waals surface area contributed by atoms with E-state index < -0.39 is 0 Å². The van der Waals surface area contributed by atoms with Gasteiger partial charge in [0.15, 0.2) is 0 Å². The number of benzene rings is 2. The largest absolute Gasteiger partial charge is 1.00 e. The summed E-state index contributed by atoms with van der Waals surface area (Å²) in [7, 11) is 0. The summed E-state index contributed by atoms with van der Waals surface area (Å²) in [5.74, 6) is 0.767. The normalized spacial score (nSPS) is 10.4. The van der Waals surface area contributed by atoms with Crippen molar-refractivity contribution in [2.24, 2.45) is 0 Å². The summed E-state index contributed by atoms with van der Waals surface area (Å²) in [5, 5.41) is 11.6. The van der Waals surface area contributed by atoms with E-state index in [1.807, 2.05) is 77.6 Å². The lowest BCUT2D eigenvalue weighted by Gasteiger charge is -2.02. The number of aryl methyl sites for hydroxylation is 1. The van der Waals surface area contributed by atoms with Crippen molar-refractivity contribution in [1.29, 1.82) is 0 Å². The molecule has 7 heteroatoms. The fourth-order valence-corrected chi connectivity index (χ4v) is 3.15. The van der Waals surface area contributed by atoms with Gasteiger partial charge in [-0.3, -0.25) is 0 Å². The molecule has 0 saturated heterocycles. The molecule has 0 spiro atoms. The average Bonchev–Trinajstić information content (AvgIpc) is 3.22. The second-order valence-electron chi connectivity index (χ2n) is 5.09. The number of aromatic nitrogens is 5. The Morgan fingerprint density at radius 3 is 2.25 bits per heavy atom. The van der Waals surface area contributed by atoms with Gasteiger partial charge in [0.25, 0.3) is 0 Å². The lowest BCUT2D eigenvalue weighted by atomic mass is 10.2. The van der Waals surface area contributed by atoms with E-state index in [2.05, 4.69) is 15.3 Å². The predicted molar refractivity (Wildman–Crippen MR) is 88.7 cm³/mol. The number of nitrogens with zero attached hydrogens (tertiary/aromatic N) is 5. The molecule has 0 radical (unpaired) electrons. The molecule has 24 heavy (non-hydrogen) atoms. The van der Waals surface area contributed by atoms with Gasteiger partial charge in [-0.05, 0) is 36.0 Å². The topological polar surface area (TPSA) is 47.5 Å². The van der Waals surface area contributed by atoms with Crippen LogP contribution in [-0.2, 0) is 0 Å². The van der Waals surface area contributed by atoms with Gasteiger partial charge in [-0.1, -0.05) is 52.4 Å². The van der Waals surface area contributed by atoms with Gasteiger partial charge in [0.2, 0.25) is 0 Å². The molecular weight excluding hydrogens is 386 g/mol. The van der Waals surface area contributed by atoms with Crippen LogP contribution in [0.2, 0.25) is 0 Å². The zero-order chi connectivity index (χ0) is 15.6. The monoisotopic (exact) mass is 399 g/mol. The van der Waals surface area contributed by atoms with Crippen molar-refractivity contribution in [3.63, 3.8) is 0 Å². The second-order valence-corrected chi connectivity index (χ2v) is 5.92. The SMILES string of the molecule is Cc1csc(-[n+]2c(-c3ccccc3)nnn2-c2ccccc2)n1.[Br-]. The first-order valence-corrected chi connectivity index (χ1v) is 8.12. The maximum Gasteiger partial charge on any atom is 0.313 e. The zero-order valence-corrected chi connectivity index (χ0v) is 15.3. The Kier molecular flexibility index (Phi) is 4.82. The van der Waals surface area contributed by atoms with Crippen molar-refractivity contribution < 1.29 is 21.7 Å². The van der Waals surface area contributed by atoms with Crippen LogP contribution < -0.4 is 21.7 Å². The highest BCUT2D eigenvalue weighted by molar-refractivity contribution is 7.11. The van der Waals surface area contributed by atoms with Gasteiger partial charge in [-0.15, -0.1) is 4.98 Å². The third-order valence-electron chi connectivity index (χ3n) is 3.42. The van der Waals surface area contributed by atoms with E-state index in [1.165, 1.54) is 0 Å². The van der Waals surface area contributed by atoms with Gasteiger partial charge >= 0.3 is 11.0 Å². The summed E-state index contributed by atoms with van der Waals surface area (Å²) in [6.07, 6.45) is 0. The molecule has 0 atom stereocenters. The minimum absolute atomic E-state index is 0. The molecule has 4 aromatic rings. The molecule has 0 unspecified atom stereocenters. The molecule has 0 N–H and O–H groups in total. The van der Waals surface area contributed by atoms with Crippen LogP contribution in [0.5, 0.6) is 0 Å². The first-order chi connectivity index (χ1) is 11.3. The fraction of sp³-hybridized carbons (Fsp3) is 0.0588. The van der Waals surface area contributed by atoms with Gasteiger partial charge < -0.3 is 17.0 Å². The third kappa shape index (κ3) is 3.00. The highest BCUT2D eigenvalue weighted by atomic mass is 79.9. The van der Waals surface area contributed by atoms with E-state index in [0.29, 0.717) is 0 Å². The van der Waals surface area contributed by atoms with Crippen molar-refractivity contribution in [3.05, 3.63) is 71.7 Å². The molecule has 0 aliphatic heterocycles. The first-order valence-electron chi connectivity index (χ1n) is 7.24. The summed E-state index contributed by atoms with van der Waals surface area (Å²) in [6, 6.07) is 20.0. The standard InChI is InChI=1S/C17H14N5S.BrH/c1-13-12-23-17(18-13)21-16(14-8-4-2-5-9-14)19-20-22(21)15-10-6-3-7-11-15;/h2-12H,1H3;1H/q+1;/p-1. The third-order valence-corrected chi connectivity index (χ3v) is 4.36. The van der Waals surface area contributed by atoms with Crippen molar-refractivity contribution in [1.82, 2.24) is 20.1 Å². The van der Waals surface area contributed by atoms with Gasteiger partial charge in [-0.2, -0.15) is 0 Å². The van der Waals surface area contributed by atoms with Crippen molar-refractivity contribution in [2.75, 3.05) is 0 Å². The Hall–Kier alpha value is -2.38. The van der Waals surface area contributed by atoms with Gasteiger partial charge in [0, 0.05) is 10.9 Å². The quantitative estimate of drug-likeness (QED) is 0.455. The van der Waals surface area contributed by atoms with E-state index in [1.54, 1.807) is 16.1 Å². The molecule has 0 saturated carbocycles. The fourth-order valence-electron chi connectivity index (χ4n) is 2.36. The summed E-state index contributed by atoms with van der Waals surface area (Å²) >= 11 is 1.58. The highest BCUT2D eigenvalue weighted by Gasteiger charge is 2.25. The van der Waals surface area contributed by atoms with Crippen LogP contribution >= 0.6 is 11.3 Å². The van der Waals surface area contributed by atoms with Crippen LogP contribution in [0, 0.1) is 6.92 Å². The molecular formula is C17H14BrN5S. The van der Waals surface area contributed by atoms with Crippen LogP contribution in [-0.4, -0.2) is 20.1 Å². The van der Waals surface area contributed by atoms with E-state index in [-0.39, 0.29) is 17.0 Å². The molecule has 5 nitrogen and oxygen atoms in total. The van der Waals surface area contributed by atoms with E-state index in [0.717, 1.165) is 27.9 Å². The molecule has 0 fully saturated rings. The van der Waals surface area contributed by atoms with Crippen molar-refractivity contribution in [3.8, 4) is 22.2 Å². The van der Waals surface area contributed by atoms with Crippen LogP contribution in [0.15, 0.2) is 66.0 Å². The van der Waals surface area contributed by atoms with Crippen molar-refractivity contribution >= 4 is 11.3 Å². The first kappa shape index (κ1) is 16.5. The van der Waals surface area contributed by atoms with Crippen LogP contribution in [0.3, 0.4) is 0 Å². The highest BCUT2D eigenvalue weighted by Crippen LogP contribution is 2.17. The molecule has 0 aliphatic carbocycles. The van der Waals surface area contributed by atoms with Gasteiger partial charge in [-0.25, -0.2) is 0 Å². The zero-order valence-electron chi connectivity index (χ0n) is 12.9. The van der Waals surface area contributed by atoms with Crippen molar-refractivity contribution in [2.45, 2.75) is 6.92 Å². The van der Waals surface area contributed by atoms with E-state index in [9.17, 15) is 0 Å². The van der Waals surface area contributed by atoms with Gasteiger partial charge in [0.05, 0.1) is 5.10 Å². The average molecular weight is 400 g/mol. The minimum Gasteiger partial charge on any atom is -1.00 e. The molecule has 0 bridgehead atoms. The summed E-state index contributed by atoms with van der Waals surface area (Å²) in [4.78, 5) is 6.38. The number of tetrazole rings is 1. The predicted octanol–water partition coefficient (Wildman–Crippen LogP) is -0.0201. The molecule has 0 aliphatic rings. The lowest BCUT2D eigenvalue weighted by Crippen LogP contribution is -3.00. The number of hydrogen-bond acceptors (Lipinski definition) is 4. The Bertz CT molecular complexity index is 877. The number of hydrogen-bond donors (Lipinski definition) is 0. The Balaban J connectivity index is 0.00000169. The summed E-state index contributed by atoms with van der Waals surface area (Å²) < 4.78 is 1.95. The molecule has 4 rings (SSSR count).